The molecule has 5 heteroatoms. The van der Waals surface area contributed by atoms with Crippen LogP contribution in [0.25, 0.3) is 0 Å². The van der Waals surface area contributed by atoms with Crippen molar-refractivity contribution in [1.82, 2.24) is 0 Å². The number of carbonyl (C=O) groups is 1. The topological polar surface area (TPSA) is 57.5 Å². The van der Waals surface area contributed by atoms with Gasteiger partial charge in [-0.05, 0) is 24.1 Å². The molecule has 0 aliphatic carbocycles. The average Bonchev–Trinajstić information content (AvgIpc) is 2.22. The van der Waals surface area contributed by atoms with Crippen LogP contribution in [0.2, 0.25) is 0 Å². The van der Waals surface area contributed by atoms with Gasteiger partial charge in [0.05, 0.1) is 12.0 Å². The van der Waals surface area contributed by atoms with Gasteiger partial charge < -0.3 is 10.2 Å². The van der Waals surface area contributed by atoms with Crippen LogP contribution in [0.5, 0.6) is 0 Å². The van der Waals surface area contributed by atoms with Gasteiger partial charge in [-0.2, -0.15) is 0 Å². The number of hydrogen-bond donors (Lipinski definition) is 2. The molecule has 2 unspecified atom stereocenters. The summed E-state index contributed by atoms with van der Waals surface area (Å²) in [5.41, 5.74) is 0.0631. The second-order valence-corrected chi connectivity index (χ2v) is 3.47. The van der Waals surface area contributed by atoms with Crippen molar-refractivity contribution in [2.45, 2.75) is 19.4 Å². The van der Waals surface area contributed by atoms with Crippen LogP contribution in [0.1, 0.15) is 25.0 Å². The van der Waals surface area contributed by atoms with Gasteiger partial charge in [0.2, 0.25) is 0 Å². The standard InChI is InChI=1S/C11H12F2O3/c1-2-7(11(15)16)10(14)6-3-4-8(12)9(13)5-6/h3-5,7,10,14H,2H2,1H3,(H,15,16). The van der Waals surface area contributed by atoms with Crippen LogP contribution < -0.4 is 0 Å². The van der Waals surface area contributed by atoms with Crippen molar-refractivity contribution in [2.24, 2.45) is 5.92 Å². The Morgan fingerprint density at radius 1 is 1.38 bits per heavy atom. The minimum atomic E-state index is -1.34. The maximum absolute atomic E-state index is 12.9. The number of hydrogen-bond acceptors (Lipinski definition) is 2. The van der Waals surface area contributed by atoms with Gasteiger partial charge in [-0.3, -0.25) is 4.79 Å². The highest BCUT2D eigenvalue weighted by Gasteiger charge is 2.26. The zero-order chi connectivity index (χ0) is 12.3. The number of aliphatic hydroxyl groups is 1. The fourth-order valence-electron chi connectivity index (χ4n) is 1.46. The lowest BCUT2D eigenvalue weighted by Gasteiger charge is -2.17. The molecule has 0 amide bonds. The summed E-state index contributed by atoms with van der Waals surface area (Å²) in [5, 5.41) is 18.5. The van der Waals surface area contributed by atoms with Crippen LogP contribution in [0, 0.1) is 17.6 Å². The minimum absolute atomic E-state index is 0.0631. The molecule has 0 spiro atoms. The Morgan fingerprint density at radius 2 is 2.00 bits per heavy atom. The van der Waals surface area contributed by atoms with E-state index >= 15 is 0 Å². The Labute approximate surface area is 91.3 Å². The molecule has 1 aromatic carbocycles. The second-order valence-electron chi connectivity index (χ2n) is 3.47. The van der Waals surface area contributed by atoms with Crippen LogP contribution in [-0.2, 0) is 4.79 Å². The maximum atomic E-state index is 12.9. The van der Waals surface area contributed by atoms with Crippen LogP contribution in [0.15, 0.2) is 18.2 Å². The number of carboxylic acid groups (broad SMARTS) is 1. The summed E-state index contributed by atoms with van der Waals surface area (Å²) in [6, 6.07) is 2.85. The molecule has 0 bridgehead atoms. The Kier molecular flexibility index (Phi) is 3.95. The van der Waals surface area contributed by atoms with Gasteiger partial charge in [-0.1, -0.05) is 13.0 Å². The number of benzene rings is 1. The summed E-state index contributed by atoms with van der Waals surface area (Å²) in [5.74, 6) is -4.32. The number of rotatable bonds is 4. The Morgan fingerprint density at radius 3 is 2.44 bits per heavy atom. The van der Waals surface area contributed by atoms with Gasteiger partial charge in [0.15, 0.2) is 11.6 Å². The summed E-state index contributed by atoms with van der Waals surface area (Å²) >= 11 is 0. The molecule has 0 heterocycles. The van der Waals surface area contributed by atoms with E-state index in [1.165, 1.54) is 6.07 Å². The molecule has 0 aromatic heterocycles. The molecule has 16 heavy (non-hydrogen) atoms. The third-order valence-electron chi connectivity index (χ3n) is 2.42. The van der Waals surface area contributed by atoms with Gasteiger partial charge >= 0.3 is 5.97 Å². The van der Waals surface area contributed by atoms with Gasteiger partial charge in [0.1, 0.15) is 0 Å². The van der Waals surface area contributed by atoms with Crippen molar-refractivity contribution in [2.75, 3.05) is 0 Å². The third-order valence-corrected chi connectivity index (χ3v) is 2.42. The number of halogens is 2. The highest BCUT2D eigenvalue weighted by molar-refractivity contribution is 5.71. The second kappa shape index (κ2) is 5.03. The normalized spacial score (nSPS) is 14.5. The van der Waals surface area contributed by atoms with Crippen molar-refractivity contribution >= 4 is 5.97 Å². The molecular formula is C11H12F2O3. The van der Waals surface area contributed by atoms with Gasteiger partial charge in [-0.25, -0.2) is 8.78 Å². The molecule has 0 saturated carbocycles. The van der Waals surface area contributed by atoms with E-state index in [9.17, 15) is 18.7 Å². The van der Waals surface area contributed by atoms with Crippen LogP contribution >= 0.6 is 0 Å². The first-order chi connectivity index (χ1) is 7.47. The van der Waals surface area contributed by atoms with Gasteiger partial charge in [-0.15, -0.1) is 0 Å². The summed E-state index contributed by atoms with van der Waals surface area (Å²) in [6.45, 7) is 1.60. The molecule has 88 valence electrons. The highest BCUT2D eigenvalue weighted by Crippen LogP contribution is 2.25. The van der Waals surface area contributed by atoms with Gasteiger partial charge in [0, 0.05) is 0 Å². The zero-order valence-electron chi connectivity index (χ0n) is 8.65. The average molecular weight is 230 g/mol. The summed E-state index contributed by atoms with van der Waals surface area (Å²) in [6.07, 6.45) is -1.13. The smallest absolute Gasteiger partial charge is 0.309 e. The summed E-state index contributed by atoms with van der Waals surface area (Å²) in [4.78, 5) is 10.8. The Bertz CT molecular complexity index is 393. The third kappa shape index (κ3) is 2.55. The number of aliphatic hydroxyl groups excluding tert-OH is 1. The lowest BCUT2D eigenvalue weighted by Crippen LogP contribution is -2.21. The largest absolute Gasteiger partial charge is 0.481 e. The molecular weight excluding hydrogens is 218 g/mol. The lowest BCUT2D eigenvalue weighted by molar-refractivity contribution is -0.146. The first kappa shape index (κ1) is 12.6. The first-order valence-electron chi connectivity index (χ1n) is 4.83. The molecule has 2 N–H and O–H groups in total. The predicted octanol–water partition coefficient (Wildman–Crippen LogP) is 2.11. The van der Waals surface area contributed by atoms with Crippen LogP contribution in [0.4, 0.5) is 8.78 Å². The fraction of sp³-hybridized carbons (Fsp3) is 0.364. The fourth-order valence-corrected chi connectivity index (χ4v) is 1.46. The van der Waals surface area contributed by atoms with E-state index in [0.29, 0.717) is 0 Å². The van der Waals surface area contributed by atoms with E-state index in [1.807, 2.05) is 0 Å². The quantitative estimate of drug-likeness (QED) is 0.832. The van der Waals surface area contributed by atoms with Crippen molar-refractivity contribution in [3.63, 3.8) is 0 Å². The van der Waals surface area contributed by atoms with Gasteiger partial charge in [0.25, 0.3) is 0 Å². The molecule has 1 aromatic rings. The van der Waals surface area contributed by atoms with E-state index < -0.39 is 29.6 Å². The van der Waals surface area contributed by atoms with Crippen LogP contribution in [0.3, 0.4) is 0 Å². The van der Waals surface area contributed by atoms with E-state index in [1.54, 1.807) is 6.92 Å². The molecule has 0 aliphatic rings. The Balaban J connectivity index is 2.99. The van der Waals surface area contributed by atoms with E-state index in [4.69, 9.17) is 5.11 Å². The molecule has 0 fully saturated rings. The van der Waals surface area contributed by atoms with Crippen molar-refractivity contribution in [3.8, 4) is 0 Å². The van der Waals surface area contributed by atoms with Crippen LogP contribution in [-0.4, -0.2) is 16.2 Å². The van der Waals surface area contributed by atoms with E-state index in [-0.39, 0.29) is 12.0 Å². The SMILES string of the molecule is CCC(C(=O)O)C(O)c1ccc(F)c(F)c1. The van der Waals surface area contributed by atoms with E-state index in [0.717, 1.165) is 12.1 Å². The predicted molar refractivity (Wildman–Crippen MR) is 52.7 cm³/mol. The molecule has 3 nitrogen and oxygen atoms in total. The number of aliphatic carboxylic acids is 1. The van der Waals surface area contributed by atoms with Crippen molar-refractivity contribution in [3.05, 3.63) is 35.4 Å². The minimum Gasteiger partial charge on any atom is -0.481 e. The summed E-state index contributed by atoms with van der Waals surface area (Å²) < 4.78 is 25.5. The summed E-state index contributed by atoms with van der Waals surface area (Å²) in [7, 11) is 0. The molecule has 0 aliphatic heterocycles. The highest BCUT2D eigenvalue weighted by atomic mass is 19.2. The molecule has 0 saturated heterocycles. The molecule has 0 radical (unpaired) electrons. The van der Waals surface area contributed by atoms with Crippen molar-refractivity contribution in [1.29, 1.82) is 0 Å². The van der Waals surface area contributed by atoms with Crippen molar-refractivity contribution < 1.29 is 23.8 Å². The molecule has 1 rings (SSSR count). The lowest BCUT2D eigenvalue weighted by atomic mass is 9.93. The Hall–Kier alpha value is -1.49. The van der Waals surface area contributed by atoms with E-state index in [2.05, 4.69) is 0 Å². The first-order valence-corrected chi connectivity index (χ1v) is 4.83. The monoisotopic (exact) mass is 230 g/mol. The molecule has 2 atom stereocenters. The maximum Gasteiger partial charge on any atom is 0.309 e. The zero-order valence-corrected chi connectivity index (χ0v) is 8.65. The number of carboxylic acids is 1.